The average Bonchev–Trinajstić information content (AvgIpc) is 2.44. The van der Waals surface area contributed by atoms with Gasteiger partial charge in [-0.15, -0.1) is 0 Å². The molecule has 0 heterocycles. The number of benzene rings is 1. The monoisotopic (exact) mass is 309 g/mol. The van der Waals surface area contributed by atoms with Crippen molar-refractivity contribution in [2.24, 2.45) is 5.73 Å². The van der Waals surface area contributed by atoms with E-state index in [1.54, 1.807) is 31.3 Å². The molecular weight excluding hydrogens is 286 g/mol. The molecule has 0 amide bonds. The molecule has 0 aliphatic rings. The van der Waals surface area contributed by atoms with E-state index in [0.29, 0.717) is 12.1 Å². The lowest BCUT2D eigenvalue weighted by atomic mass is 10.2. The summed E-state index contributed by atoms with van der Waals surface area (Å²) < 4.78 is 26.3. The average molecular weight is 309 g/mol. The summed E-state index contributed by atoms with van der Waals surface area (Å²) in [5.41, 5.74) is 5.98. The zero-order valence-corrected chi connectivity index (χ0v) is 13.7. The predicted octanol–water partition coefficient (Wildman–Crippen LogP) is 0.569. The number of sulfonamides is 1. The van der Waals surface area contributed by atoms with Crippen LogP contribution in [-0.2, 0) is 10.0 Å². The van der Waals surface area contributed by atoms with Crippen LogP contribution in [0.4, 0.5) is 0 Å². The molecule has 2 N–H and O–H groups in total. The van der Waals surface area contributed by atoms with E-state index in [2.05, 4.69) is 11.8 Å². The molecule has 1 aromatic rings. The maximum absolute atomic E-state index is 12.5. The third-order valence-corrected chi connectivity index (χ3v) is 4.81. The molecule has 0 spiro atoms. The van der Waals surface area contributed by atoms with Crippen LogP contribution in [0.1, 0.15) is 12.0 Å². The Bertz CT molecular complexity index is 615. The smallest absolute Gasteiger partial charge is 0.242 e. The van der Waals surface area contributed by atoms with E-state index >= 15 is 0 Å². The van der Waals surface area contributed by atoms with E-state index in [0.717, 1.165) is 13.0 Å². The SMILES string of the molecule is CN(C)CCCN(C)S(=O)(=O)c1cccc(C#CCN)c1. The van der Waals surface area contributed by atoms with Gasteiger partial charge in [0.2, 0.25) is 10.0 Å². The van der Waals surface area contributed by atoms with Crippen molar-refractivity contribution in [1.82, 2.24) is 9.21 Å². The molecule has 0 saturated heterocycles. The van der Waals surface area contributed by atoms with Crippen molar-refractivity contribution in [3.63, 3.8) is 0 Å². The van der Waals surface area contributed by atoms with Gasteiger partial charge in [0.25, 0.3) is 0 Å². The summed E-state index contributed by atoms with van der Waals surface area (Å²) in [5, 5.41) is 0. The van der Waals surface area contributed by atoms with Crippen LogP contribution in [0.15, 0.2) is 29.2 Å². The number of hydrogen-bond acceptors (Lipinski definition) is 4. The van der Waals surface area contributed by atoms with Crippen molar-refractivity contribution in [3.05, 3.63) is 29.8 Å². The predicted molar refractivity (Wildman–Crippen MR) is 85.4 cm³/mol. The van der Waals surface area contributed by atoms with Gasteiger partial charge in [-0.2, -0.15) is 0 Å². The largest absolute Gasteiger partial charge is 0.320 e. The number of rotatable bonds is 6. The van der Waals surface area contributed by atoms with Gasteiger partial charge in [0.15, 0.2) is 0 Å². The zero-order valence-electron chi connectivity index (χ0n) is 12.8. The van der Waals surface area contributed by atoms with Crippen LogP contribution >= 0.6 is 0 Å². The van der Waals surface area contributed by atoms with Gasteiger partial charge in [0.1, 0.15) is 0 Å². The Balaban J connectivity index is 2.86. The Morgan fingerprint density at radius 3 is 2.52 bits per heavy atom. The van der Waals surface area contributed by atoms with Crippen LogP contribution in [0.2, 0.25) is 0 Å². The first-order chi connectivity index (χ1) is 9.87. The second kappa shape index (κ2) is 8.15. The van der Waals surface area contributed by atoms with E-state index in [9.17, 15) is 8.42 Å². The van der Waals surface area contributed by atoms with Gasteiger partial charge < -0.3 is 10.6 Å². The molecule has 0 atom stereocenters. The lowest BCUT2D eigenvalue weighted by molar-refractivity contribution is 0.370. The molecule has 0 radical (unpaired) electrons. The summed E-state index contributed by atoms with van der Waals surface area (Å²) in [4.78, 5) is 2.29. The summed E-state index contributed by atoms with van der Waals surface area (Å²) in [6, 6.07) is 6.64. The molecule has 0 unspecified atom stereocenters. The molecule has 0 aliphatic heterocycles. The first-order valence-electron chi connectivity index (χ1n) is 6.78. The number of nitrogens with zero attached hydrogens (tertiary/aromatic N) is 2. The third kappa shape index (κ3) is 5.48. The highest BCUT2D eigenvalue weighted by Crippen LogP contribution is 2.15. The molecular formula is C15H23N3O2S. The Labute approximate surface area is 127 Å². The van der Waals surface area contributed by atoms with Crippen LogP contribution in [0.3, 0.4) is 0 Å². The quantitative estimate of drug-likeness (QED) is 0.780. The van der Waals surface area contributed by atoms with Crippen molar-refractivity contribution in [1.29, 1.82) is 0 Å². The second-order valence-electron chi connectivity index (χ2n) is 5.02. The maximum Gasteiger partial charge on any atom is 0.242 e. The first kappa shape index (κ1) is 17.7. The molecule has 0 aliphatic carbocycles. The van der Waals surface area contributed by atoms with Gasteiger partial charge in [-0.25, -0.2) is 12.7 Å². The molecule has 6 heteroatoms. The van der Waals surface area contributed by atoms with E-state index in [4.69, 9.17) is 5.73 Å². The summed E-state index contributed by atoms with van der Waals surface area (Å²) >= 11 is 0. The van der Waals surface area contributed by atoms with Gasteiger partial charge in [-0.1, -0.05) is 17.9 Å². The minimum Gasteiger partial charge on any atom is -0.320 e. The summed E-state index contributed by atoms with van der Waals surface area (Å²) in [6.45, 7) is 1.59. The molecule has 5 nitrogen and oxygen atoms in total. The van der Waals surface area contributed by atoms with Crippen molar-refractivity contribution in [2.45, 2.75) is 11.3 Å². The zero-order chi connectivity index (χ0) is 15.9. The molecule has 0 bridgehead atoms. The Hall–Kier alpha value is -1.39. The minimum atomic E-state index is -3.47. The third-order valence-electron chi connectivity index (χ3n) is 2.96. The van der Waals surface area contributed by atoms with Crippen molar-refractivity contribution in [2.75, 3.05) is 40.8 Å². The normalized spacial score (nSPS) is 11.5. The Morgan fingerprint density at radius 2 is 1.90 bits per heavy atom. The fraction of sp³-hybridized carbons (Fsp3) is 0.467. The maximum atomic E-state index is 12.5. The first-order valence-corrected chi connectivity index (χ1v) is 8.22. The molecule has 0 fully saturated rings. The standard InChI is InChI=1S/C15H23N3O2S/c1-17(2)11-6-12-18(3)21(19,20)15-9-4-7-14(13-15)8-5-10-16/h4,7,9,13H,6,10-12,16H2,1-3H3. The fourth-order valence-corrected chi connectivity index (χ4v) is 3.05. The topological polar surface area (TPSA) is 66.6 Å². The minimum absolute atomic E-state index is 0.251. The van der Waals surface area contributed by atoms with Crippen molar-refractivity contribution < 1.29 is 8.42 Å². The fourth-order valence-electron chi connectivity index (χ4n) is 1.80. The highest BCUT2D eigenvalue weighted by molar-refractivity contribution is 7.89. The van der Waals surface area contributed by atoms with Crippen molar-refractivity contribution in [3.8, 4) is 11.8 Å². The number of nitrogens with two attached hydrogens (primary N) is 1. The highest BCUT2D eigenvalue weighted by Gasteiger charge is 2.20. The van der Waals surface area contributed by atoms with Crippen LogP contribution in [-0.4, -0.2) is 58.4 Å². The lowest BCUT2D eigenvalue weighted by Gasteiger charge is -2.18. The molecule has 1 aromatic carbocycles. The second-order valence-corrected chi connectivity index (χ2v) is 7.06. The summed E-state index contributed by atoms with van der Waals surface area (Å²) in [6.07, 6.45) is 0.787. The van der Waals surface area contributed by atoms with Gasteiger partial charge in [0, 0.05) is 19.2 Å². The molecule has 0 aromatic heterocycles. The molecule has 116 valence electrons. The van der Waals surface area contributed by atoms with Gasteiger partial charge >= 0.3 is 0 Å². The van der Waals surface area contributed by atoms with E-state index in [-0.39, 0.29) is 11.4 Å². The van der Waals surface area contributed by atoms with Crippen molar-refractivity contribution >= 4 is 10.0 Å². The summed E-state index contributed by atoms with van der Waals surface area (Å²) in [7, 11) is 2.06. The van der Waals surface area contributed by atoms with E-state index in [1.165, 1.54) is 4.31 Å². The van der Waals surface area contributed by atoms with Crippen LogP contribution in [0, 0.1) is 11.8 Å². The van der Waals surface area contributed by atoms with E-state index in [1.807, 2.05) is 19.0 Å². The van der Waals surface area contributed by atoms with E-state index < -0.39 is 10.0 Å². The Morgan fingerprint density at radius 1 is 1.19 bits per heavy atom. The van der Waals surface area contributed by atoms with Crippen LogP contribution in [0.5, 0.6) is 0 Å². The Kier molecular flexibility index (Phi) is 6.85. The van der Waals surface area contributed by atoms with Gasteiger partial charge in [0.05, 0.1) is 11.4 Å². The highest BCUT2D eigenvalue weighted by atomic mass is 32.2. The van der Waals surface area contributed by atoms with Crippen LogP contribution in [0.25, 0.3) is 0 Å². The summed E-state index contributed by atoms with van der Waals surface area (Å²) in [5.74, 6) is 5.57. The molecule has 21 heavy (non-hydrogen) atoms. The number of hydrogen-bond donors (Lipinski definition) is 1. The molecule has 0 saturated carbocycles. The van der Waals surface area contributed by atoms with Gasteiger partial charge in [-0.3, -0.25) is 0 Å². The van der Waals surface area contributed by atoms with Crippen LogP contribution < -0.4 is 5.73 Å². The van der Waals surface area contributed by atoms with Gasteiger partial charge in [-0.05, 0) is 45.3 Å². The molecule has 1 rings (SSSR count). The lowest BCUT2D eigenvalue weighted by Crippen LogP contribution is -2.29.